The largest absolute Gasteiger partial charge is 0.351 e. The summed E-state index contributed by atoms with van der Waals surface area (Å²) in [6, 6.07) is 3.55. The van der Waals surface area contributed by atoms with Gasteiger partial charge in [-0.05, 0) is 24.1 Å². The summed E-state index contributed by atoms with van der Waals surface area (Å²) in [6.45, 7) is 1.72. The molecule has 20 heavy (non-hydrogen) atoms. The molecule has 1 N–H and O–H groups in total. The molecule has 0 saturated heterocycles. The molecule has 0 aliphatic heterocycles. The number of thiophene rings is 1. The molecular weight excluding hydrogens is 276 g/mol. The van der Waals surface area contributed by atoms with Crippen molar-refractivity contribution >= 4 is 17.2 Å². The molecule has 0 fully saturated rings. The Hall–Kier alpha value is -2.31. The molecule has 0 aliphatic carbocycles. The molecule has 2 rings (SSSR count). The molecule has 2 aromatic rings. The summed E-state index contributed by atoms with van der Waals surface area (Å²) < 4.78 is 1.97. The van der Waals surface area contributed by atoms with Gasteiger partial charge in [0.05, 0.1) is 17.7 Å². The van der Waals surface area contributed by atoms with Crippen molar-refractivity contribution in [1.82, 2.24) is 14.9 Å². The van der Waals surface area contributed by atoms with E-state index in [1.165, 1.54) is 11.3 Å². The molecule has 0 aliphatic rings. The van der Waals surface area contributed by atoms with Crippen LogP contribution in [-0.4, -0.2) is 22.0 Å². The highest BCUT2D eigenvalue weighted by Gasteiger charge is 2.08. The topological polar surface area (TPSA) is 95.7 Å². The van der Waals surface area contributed by atoms with E-state index >= 15 is 0 Å². The summed E-state index contributed by atoms with van der Waals surface area (Å²) in [5, 5.41) is 6.33. The van der Waals surface area contributed by atoms with Crippen LogP contribution in [0.15, 0.2) is 36.0 Å². The Labute approximate surface area is 119 Å². The highest BCUT2D eigenvalue weighted by molar-refractivity contribution is 7.14. The molecule has 0 spiro atoms. The van der Waals surface area contributed by atoms with Crippen LogP contribution in [0.4, 0.5) is 0 Å². The number of azide groups is 1. The molecule has 0 bridgehead atoms. The maximum atomic E-state index is 11.9. The molecule has 8 heteroatoms. The summed E-state index contributed by atoms with van der Waals surface area (Å²) in [7, 11) is 0. The van der Waals surface area contributed by atoms with Crippen LogP contribution in [0, 0.1) is 0 Å². The highest BCUT2D eigenvalue weighted by Crippen LogP contribution is 2.17. The standard InChI is InChI=1S/C12H14N6OS/c13-17-16-8-10-2-3-11(20-10)12(19)15-4-1-6-18-7-5-14-9-18/h2-3,5,7,9H,1,4,6,8H2,(H,15,19). The highest BCUT2D eigenvalue weighted by atomic mass is 32.1. The molecular formula is C12H14N6OS. The van der Waals surface area contributed by atoms with Gasteiger partial charge < -0.3 is 9.88 Å². The summed E-state index contributed by atoms with van der Waals surface area (Å²) in [4.78, 5) is 20.0. The van der Waals surface area contributed by atoms with E-state index in [1.807, 2.05) is 10.8 Å². The molecule has 2 heterocycles. The van der Waals surface area contributed by atoms with Gasteiger partial charge in [0.1, 0.15) is 0 Å². The Morgan fingerprint density at radius 3 is 3.20 bits per heavy atom. The zero-order chi connectivity index (χ0) is 14.2. The third-order valence-corrected chi connectivity index (χ3v) is 3.68. The Balaban J connectivity index is 1.74. The molecule has 0 saturated carbocycles. The quantitative estimate of drug-likeness (QED) is 0.367. The Kier molecular flexibility index (Phi) is 5.16. The van der Waals surface area contributed by atoms with Crippen molar-refractivity contribution in [2.75, 3.05) is 6.54 Å². The van der Waals surface area contributed by atoms with Crippen molar-refractivity contribution in [2.45, 2.75) is 19.5 Å². The number of hydrogen-bond donors (Lipinski definition) is 1. The number of nitrogens with one attached hydrogen (secondary N) is 1. The molecule has 0 radical (unpaired) electrons. The van der Waals surface area contributed by atoms with E-state index in [9.17, 15) is 4.79 Å². The first-order valence-electron chi connectivity index (χ1n) is 6.13. The first-order valence-corrected chi connectivity index (χ1v) is 6.95. The monoisotopic (exact) mass is 290 g/mol. The van der Waals surface area contributed by atoms with Gasteiger partial charge in [0.25, 0.3) is 5.91 Å². The van der Waals surface area contributed by atoms with Crippen molar-refractivity contribution in [2.24, 2.45) is 5.11 Å². The first kappa shape index (κ1) is 14.1. The fourth-order valence-corrected chi connectivity index (χ4v) is 2.50. The average Bonchev–Trinajstić information content (AvgIpc) is 3.12. The van der Waals surface area contributed by atoms with Gasteiger partial charge >= 0.3 is 0 Å². The summed E-state index contributed by atoms with van der Waals surface area (Å²) in [5.41, 5.74) is 8.24. The molecule has 1 amide bonds. The van der Waals surface area contributed by atoms with E-state index in [0.717, 1.165) is 17.8 Å². The van der Waals surface area contributed by atoms with E-state index in [4.69, 9.17) is 5.53 Å². The lowest BCUT2D eigenvalue weighted by Crippen LogP contribution is -2.24. The molecule has 0 aromatic carbocycles. The van der Waals surface area contributed by atoms with Crippen LogP contribution in [0.5, 0.6) is 0 Å². The van der Waals surface area contributed by atoms with Crippen molar-refractivity contribution in [1.29, 1.82) is 0 Å². The fourth-order valence-electron chi connectivity index (χ4n) is 1.66. The lowest BCUT2D eigenvalue weighted by molar-refractivity contribution is 0.0957. The van der Waals surface area contributed by atoms with Gasteiger partial charge in [0, 0.05) is 35.3 Å². The van der Waals surface area contributed by atoms with Crippen LogP contribution in [0.1, 0.15) is 21.0 Å². The number of carbonyl (C=O) groups is 1. The van der Waals surface area contributed by atoms with Crippen LogP contribution in [-0.2, 0) is 13.1 Å². The maximum Gasteiger partial charge on any atom is 0.261 e. The van der Waals surface area contributed by atoms with Crippen LogP contribution in [0.25, 0.3) is 10.4 Å². The molecule has 104 valence electrons. The average molecular weight is 290 g/mol. The van der Waals surface area contributed by atoms with Gasteiger partial charge in [0.15, 0.2) is 0 Å². The minimum Gasteiger partial charge on any atom is -0.351 e. The number of rotatable bonds is 7. The number of amides is 1. The molecule has 0 atom stereocenters. The number of carbonyl (C=O) groups excluding carboxylic acids is 1. The number of nitrogens with zero attached hydrogens (tertiary/aromatic N) is 5. The lowest BCUT2D eigenvalue weighted by Gasteiger charge is -2.04. The molecule has 0 unspecified atom stereocenters. The van der Waals surface area contributed by atoms with Crippen molar-refractivity contribution in [3.63, 3.8) is 0 Å². The van der Waals surface area contributed by atoms with Crippen molar-refractivity contribution < 1.29 is 4.79 Å². The van der Waals surface area contributed by atoms with Gasteiger partial charge in [-0.15, -0.1) is 11.3 Å². The fraction of sp³-hybridized carbons (Fsp3) is 0.333. The second-order valence-corrected chi connectivity index (χ2v) is 5.23. The van der Waals surface area contributed by atoms with Gasteiger partial charge in [-0.3, -0.25) is 4.79 Å². The summed E-state index contributed by atoms with van der Waals surface area (Å²) in [6.07, 6.45) is 6.22. The SMILES string of the molecule is [N-]=[N+]=NCc1ccc(C(=O)NCCCn2ccnc2)s1. The second kappa shape index (κ2) is 7.32. The Morgan fingerprint density at radius 1 is 1.55 bits per heavy atom. The number of hydrogen-bond acceptors (Lipinski definition) is 4. The predicted octanol–water partition coefficient (Wildman–Crippen LogP) is 2.58. The normalized spacial score (nSPS) is 10.0. The van der Waals surface area contributed by atoms with E-state index in [0.29, 0.717) is 11.4 Å². The van der Waals surface area contributed by atoms with Gasteiger partial charge in [-0.2, -0.15) is 0 Å². The first-order chi connectivity index (χ1) is 9.79. The van der Waals surface area contributed by atoms with Crippen molar-refractivity contribution in [3.05, 3.63) is 51.1 Å². The van der Waals surface area contributed by atoms with Crippen LogP contribution in [0.2, 0.25) is 0 Å². The Bertz CT molecular complexity index is 599. The maximum absolute atomic E-state index is 11.9. The van der Waals surface area contributed by atoms with Crippen molar-refractivity contribution in [3.8, 4) is 0 Å². The van der Waals surface area contributed by atoms with Gasteiger partial charge in [-0.25, -0.2) is 4.98 Å². The minimum absolute atomic E-state index is 0.0900. The molecule has 2 aromatic heterocycles. The van der Waals surface area contributed by atoms with Crippen LogP contribution in [0.3, 0.4) is 0 Å². The zero-order valence-corrected chi connectivity index (χ0v) is 11.6. The summed E-state index contributed by atoms with van der Waals surface area (Å²) in [5.74, 6) is -0.0900. The van der Waals surface area contributed by atoms with Gasteiger partial charge in [0.2, 0.25) is 0 Å². The molecule has 7 nitrogen and oxygen atoms in total. The van der Waals surface area contributed by atoms with E-state index in [-0.39, 0.29) is 12.5 Å². The van der Waals surface area contributed by atoms with Crippen LogP contribution >= 0.6 is 11.3 Å². The van der Waals surface area contributed by atoms with E-state index < -0.39 is 0 Å². The smallest absolute Gasteiger partial charge is 0.261 e. The third-order valence-electron chi connectivity index (χ3n) is 2.61. The number of aryl methyl sites for hydroxylation is 1. The predicted molar refractivity (Wildman–Crippen MR) is 76.3 cm³/mol. The second-order valence-electron chi connectivity index (χ2n) is 4.06. The number of aromatic nitrogens is 2. The van der Waals surface area contributed by atoms with E-state index in [1.54, 1.807) is 24.7 Å². The van der Waals surface area contributed by atoms with Crippen LogP contribution < -0.4 is 5.32 Å². The number of imidazole rings is 1. The lowest BCUT2D eigenvalue weighted by atomic mass is 10.3. The third kappa shape index (κ3) is 4.11. The summed E-state index contributed by atoms with van der Waals surface area (Å²) >= 11 is 1.34. The van der Waals surface area contributed by atoms with E-state index in [2.05, 4.69) is 20.3 Å². The van der Waals surface area contributed by atoms with Gasteiger partial charge in [-0.1, -0.05) is 5.11 Å². The zero-order valence-electron chi connectivity index (χ0n) is 10.8. The minimum atomic E-state index is -0.0900. The Morgan fingerprint density at radius 2 is 2.45 bits per heavy atom.